The molecule has 6 heteroatoms. The van der Waals surface area contributed by atoms with Gasteiger partial charge < -0.3 is 15.2 Å². The summed E-state index contributed by atoms with van der Waals surface area (Å²) < 4.78 is 0. The molecule has 2 heterocycles. The summed E-state index contributed by atoms with van der Waals surface area (Å²) in [5.74, 6) is 6.81. The maximum absolute atomic E-state index is 5.34. The van der Waals surface area contributed by atoms with E-state index in [0.717, 1.165) is 31.7 Å². The second-order valence-electron chi connectivity index (χ2n) is 4.55. The molecule has 2 rings (SSSR count). The van der Waals surface area contributed by atoms with Gasteiger partial charge in [0.1, 0.15) is 5.82 Å². The van der Waals surface area contributed by atoms with Gasteiger partial charge in [-0.3, -0.25) is 4.98 Å². The molecule has 1 aliphatic heterocycles. The van der Waals surface area contributed by atoms with Crippen molar-refractivity contribution in [3.05, 3.63) is 12.4 Å². The van der Waals surface area contributed by atoms with Crippen LogP contribution in [0.25, 0.3) is 0 Å². The number of nitrogens with one attached hydrogen (secondary N) is 1. The highest BCUT2D eigenvalue weighted by Crippen LogP contribution is 2.20. The van der Waals surface area contributed by atoms with Gasteiger partial charge in [0.2, 0.25) is 0 Å². The van der Waals surface area contributed by atoms with Crippen LogP contribution in [0.3, 0.4) is 0 Å². The summed E-state index contributed by atoms with van der Waals surface area (Å²) in [4.78, 5) is 13.1. The van der Waals surface area contributed by atoms with Gasteiger partial charge in [-0.25, -0.2) is 10.8 Å². The molecule has 1 fully saturated rings. The molecule has 94 valence electrons. The van der Waals surface area contributed by atoms with Crippen molar-refractivity contribution in [1.29, 1.82) is 0 Å². The van der Waals surface area contributed by atoms with Crippen molar-refractivity contribution in [3.63, 3.8) is 0 Å². The second kappa shape index (κ2) is 5.29. The fourth-order valence-corrected chi connectivity index (χ4v) is 2.16. The lowest BCUT2D eigenvalue weighted by Crippen LogP contribution is -2.42. The molecule has 1 aliphatic rings. The molecule has 17 heavy (non-hydrogen) atoms. The third kappa shape index (κ3) is 2.83. The zero-order valence-electron chi connectivity index (χ0n) is 10.4. The molecule has 1 aromatic heterocycles. The first-order valence-electron chi connectivity index (χ1n) is 5.90. The molecule has 0 spiro atoms. The van der Waals surface area contributed by atoms with E-state index in [2.05, 4.69) is 39.3 Å². The highest BCUT2D eigenvalue weighted by molar-refractivity contribution is 5.43. The molecule has 0 bridgehead atoms. The minimum atomic E-state index is 0.536. The van der Waals surface area contributed by atoms with Crippen LogP contribution in [0.15, 0.2) is 12.4 Å². The topological polar surface area (TPSA) is 70.3 Å². The summed E-state index contributed by atoms with van der Waals surface area (Å²) in [6.07, 6.45) is 5.72. The Bertz CT molecular complexity index is 361. The van der Waals surface area contributed by atoms with Crippen molar-refractivity contribution in [2.45, 2.75) is 18.9 Å². The van der Waals surface area contributed by atoms with E-state index in [9.17, 15) is 0 Å². The summed E-state index contributed by atoms with van der Waals surface area (Å²) in [6.45, 7) is 2.27. The van der Waals surface area contributed by atoms with Crippen LogP contribution < -0.4 is 16.2 Å². The molecule has 0 aromatic carbocycles. The van der Waals surface area contributed by atoms with Gasteiger partial charge in [-0.1, -0.05) is 0 Å². The first-order valence-corrected chi connectivity index (χ1v) is 5.90. The van der Waals surface area contributed by atoms with E-state index in [1.165, 1.54) is 0 Å². The Morgan fingerprint density at radius 3 is 2.76 bits per heavy atom. The first-order chi connectivity index (χ1) is 8.20. The molecular formula is C11H20N6. The predicted octanol–water partition coefficient (Wildman–Crippen LogP) is 0.293. The lowest BCUT2D eigenvalue weighted by molar-refractivity contribution is 0.252. The van der Waals surface area contributed by atoms with Crippen molar-refractivity contribution in [2.24, 2.45) is 5.84 Å². The molecule has 0 unspecified atom stereocenters. The Hall–Kier alpha value is -1.40. The standard InChI is InChI=1S/C11H20N6/c1-16-5-3-9(4-6-16)17(2)11-8-13-7-10(14-11)15-12/h7-9H,3-6,12H2,1-2H3,(H,14,15). The predicted molar refractivity (Wildman–Crippen MR) is 68.8 cm³/mol. The van der Waals surface area contributed by atoms with Gasteiger partial charge in [-0.05, 0) is 33.0 Å². The van der Waals surface area contributed by atoms with E-state index >= 15 is 0 Å². The fourth-order valence-electron chi connectivity index (χ4n) is 2.16. The number of aromatic nitrogens is 2. The van der Waals surface area contributed by atoms with Crippen molar-refractivity contribution in [3.8, 4) is 0 Å². The zero-order chi connectivity index (χ0) is 12.3. The van der Waals surface area contributed by atoms with Crippen LogP contribution in [0, 0.1) is 0 Å². The number of rotatable bonds is 3. The average molecular weight is 236 g/mol. The number of hydrogen-bond acceptors (Lipinski definition) is 6. The molecule has 0 saturated carbocycles. The largest absolute Gasteiger partial charge is 0.355 e. The van der Waals surface area contributed by atoms with Crippen LogP contribution in [0.1, 0.15) is 12.8 Å². The van der Waals surface area contributed by atoms with Crippen molar-refractivity contribution in [2.75, 3.05) is 37.5 Å². The van der Waals surface area contributed by atoms with E-state index < -0.39 is 0 Å². The van der Waals surface area contributed by atoms with Crippen LogP contribution in [-0.2, 0) is 0 Å². The van der Waals surface area contributed by atoms with Crippen LogP contribution in [-0.4, -0.2) is 48.1 Å². The Morgan fingerprint density at radius 1 is 1.41 bits per heavy atom. The SMILES string of the molecule is CN1CCC(N(C)c2cncc(NN)n2)CC1. The summed E-state index contributed by atoms with van der Waals surface area (Å²) in [5, 5.41) is 0. The maximum atomic E-state index is 5.34. The Kier molecular flexibility index (Phi) is 3.75. The molecule has 1 aromatic rings. The monoisotopic (exact) mass is 236 g/mol. The van der Waals surface area contributed by atoms with E-state index in [1.807, 2.05) is 0 Å². The van der Waals surface area contributed by atoms with Crippen molar-refractivity contribution >= 4 is 11.6 Å². The Morgan fingerprint density at radius 2 is 2.12 bits per heavy atom. The third-order valence-electron chi connectivity index (χ3n) is 3.37. The van der Waals surface area contributed by atoms with Crippen LogP contribution in [0.5, 0.6) is 0 Å². The fraction of sp³-hybridized carbons (Fsp3) is 0.636. The third-order valence-corrected chi connectivity index (χ3v) is 3.37. The van der Waals surface area contributed by atoms with E-state index in [0.29, 0.717) is 11.9 Å². The highest BCUT2D eigenvalue weighted by Gasteiger charge is 2.21. The number of hydrazine groups is 1. The molecule has 0 radical (unpaired) electrons. The van der Waals surface area contributed by atoms with Crippen LogP contribution in [0.2, 0.25) is 0 Å². The van der Waals surface area contributed by atoms with E-state index in [4.69, 9.17) is 5.84 Å². The Labute approximate surface area is 102 Å². The molecule has 3 N–H and O–H groups in total. The van der Waals surface area contributed by atoms with E-state index in [-0.39, 0.29) is 0 Å². The number of hydrogen-bond donors (Lipinski definition) is 2. The van der Waals surface area contributed by atoms with Crippen molar-refractivity contribution in [1.82, 2.24) is 14.9 Å². The second-order valence-corrected chi connectivity index (χ2v) is 4.55. The van der Waals surface area contributed by atoms with Gasteiger partial charge in [0, 0.05) is 13.1 Å². The minimum Gasteiger partial charge on any atom is -0.355 e. The maximum Gasteiger partial charge on any atom is 0.160 e. The number of nitrogens with zero attached hydrogens (tertiary/aromatic N) is 4. The van der Waals surface area contributed by atoms with Crippen molar-refractivity contribution < 1.29 is 0 Å². The molecule has 0 atom stereocenters. The lowest BCUT2D eigenvalue weighted by Gasteiger charge is -2.35. The molecule has 1 saturated heterocycles. The molecular weight excluding hydrogens is 216 g/mol. The number of likely N-dealkylation sites (tertiary alicyclic amines) is 1. The average Bonchev–Trinajstić information content (AvgIpc) is 2.39. The van der Waals surface area contributed by atoms with Gasteiger partial charge in [0.25, 0.3) is 0 Å². The Balaban J connectivity index is 2.05. The van der Waals surface area contributed by atoms with Crippen LogP contribution in [0.4, 0.5) is 11.6 Å². The molecule has 6 nitrogen and oxygen atoms in total. The van der Waals surface area contributed by atoms with Gasteiger partial charge in [-0.2, -0.15) is 0 Å². The number of anilines is 2. The number of nitrogen functional groups attached to an aromatic ring is 1. The molecule has 0 amide bonds. The quantitative estimate of drug-likeness (QED) is 0.581. The number of nitrogens with two attached hydrogens (primary N) is 1. The number of piperidine rings is 1. The van der Waals surface area contributed by atoms with Crippen LogP contribution >= 0.6 is 0 Å². The summed E-state index contributed by atoms with van der Waals surface area (Å²) in [5.41, 5.74) is 2.52. The molecule has 0 aliphatic carbocycles. The minimum absolute atomic E-state index is 0.536. The van der Waals surface area contributed by atoms with Gasteiger partial charge in [-0.15, -0.1) is 0 Å². The van der Waals surface area contributed by atoms with Gasteiger partial charge in [0.15, 0.2) is 5.82 Å². The summed E-state index contributed by atoms with van der Waals surface area (Å²) in [6, 6.07) is 0.536. The zero-order valence-corrected chi connectivity index (χ0v) is 10.4. The normalized spacial score (nSPS) is 18.1. The van der Waals surface area contributed by atoms with E-state index in [1.54, 1.807) is 12.4 Å². The summed E-state index contributed by atoms with van der Waals surface area (Å²) in [7, 11) is 4.23. The highest BCUT2D eigenvalue weighted by atomic mass is 15.3. The smallest absolute Gasteiger partial charge is 0.160 e. The van der Waals surface area contributed by atoms with Gasteiger partial charge in [0.05, 0.1) is 12.4 Å². The van der Waals surface area contributed by atoms with Gasteiger partial charge >= 0.3 is 0 Å². The lowest BCUT2D eigenvalue weighted by atomic mass is 10.0. The first kappa shape index (κ1) is 12.1. The summed E-state index contributed by atoms with van der Waals surface area (Å²) >= 11 is 0.